The predicted octanol–water partition coefficient (Wildman–Crippen LogP) is 3.24. The van der Waals surface area contributed by atoms with Crippen LogP contribution in [0.4, 0.5) is 0 Å². The molecule has 0 radical (unpaired) electrons. The van der Waals surface area contributed by atoms with Crippen LogP contribution < -0.4 is 4.74 Å². The minimum Gasteiger partial charge on any atom is -0.496 e. The third-order valence-corrected chi connectivity index (χ3v) is 2.73. The molecular formula is C15H16O2. The highest BCUT2D eigenvalue weighted by molar-refractivity contribution is 5.93. The second-order valence-electron chi connectivity index (χ2n) is 3.82. The van der Waals surface area contributed by atoms with Crippen molar-refractivity contribution in [2.24, 2.45) is 0 Å². The van der Waals surface area contributed by atoms with E-state index in [2.05, 4.69) is 18.2 Å². The summed E-state index contributed by atoms with van der Waals surface area (Å²) < 4.78 is 5.37. The highest BCUT2D eigenvalue weighted by atomic mass is 16.5. The first-order chi connectivity index (χ1) is 8.36. The van der Waals surface area contributed by atoms with E-state index in [9.17, 15) is 0 Å². The topological polar surface area (TPSA) is 29.5 Å². The molecule has 2 rings (SSSR count). The van der Waals surface area contributed by atoms with Crippen molar-refractivity contribution in [1.82, 2.24) is 0 Å². The molecule has 2 heteroatoms. The van der Waals surface area contributed by atoms with E-state index in [0.717, 1.165) is 11.3 Å². The van der Waals surface area contributed by atoms with Crippen molar-refractivity contribution in [3.8, 4) is 5.75 Å². The van der Waals surface area contributed by atoms with Gasteiger partial charge >= 0.3 is 0 Å². The molecule has 2 aromatic rings. The van der Waals surface area contributed by atoms with Gasteiger partial charge in [0.15, 0.2) is 0 Å². The first kappa shape index (κ1) is 11.7. The van der Waals surface area contributed by atoms with Crippen molar-refractivity contribution >= 4 is 16.8 Å². The molecule has 0 aliphatic carbocycles. The van der Waals surface area contributed by atoms with E-state index in [1.165, 1.54) is 10.8 Å². The molecule has 2 nitrogen and oxygen atoms in total. The van der Waals surface area contributed by atoms with Gasteiger partial charge in [-0.2, -0.15) is 0 Å². The number of benzene rings is 2. The Morgan fingerprint density at radius 3 is 2.76 bits per heavy atom. The summed E-state index contributed by atoms with van der Waals surface area (Å²) in [6.07, 6.45) is 4.63. The Balaban J connectivity index is 2.55. The molecule has 0 aromatic heterocycles. The summed E-state index contributed by atoms with van der Waals surface area (Å²) in [7, 11) is 1.67. The molecule has 0 heterocycles. The minimum absolute atomic E-state index is 0.170. The Labute approximate surface area is 101 Å². The van der Waals surface area contributed by atoms with Crippen LogP contribution in [0.3, 0.4) is 0 Å². The van der Waals surface area contributed by atoms with E-state index < -0.39 is 0 Å². The van der Waals surface area contributed by atoms with Crippen molar-refractivity contribution < 1.29 is 9.84 Å². The Hall–Kier alpha value is -1.80. The third-order valence-electron chi connectivity index (χ3n) is 2.73. The number of aliphatic hydroxyl groups excluding tert-OH is 1. The van der Waals surface area contributed by atoms with Crippen LogP contribution >= 0.6 is 0 Å². The number of methoxy groups -OCH3 is 1. The van der Waals surface area contributed by atoms with Crippen molar-refractivity contribution in [2.45, 2.75) is 6.42 Å². The third kappa shape index (κ3) is 2.48. The maximum Gasteiger partial charge on any atom is 0.126 e. The van der Waals surface area contributed by atoms with Gasteiger partial charge in [-0.15, -0.1) is 0 Å². The van der Waals surface area contributed by atoms with Gasteiger partial charge in [0, 0.05) is 12.2 Å². The zero-order chi connectivity index (χ0) is 12.1. The van der Waals surface area contributed by atoms with Crippen LogP contribution in [0.25, 0.3) is 16.8 Å². The van der Waals surface area contributed by atoms with Gasteiger partial charge in [-0.1, -0.05) is 42.5 Å². The van der Waals surface area contributed by atoms with Gasteiger partial charge in [0.1, 0.15) is 5.75 Å². The lowest BCUT2D eigenvalue weighted by atomic mass is 10.0. The van der Waals surface area contributed by atoms with Gasteiger partial charge in [0.25, 0.3) is 0 Å². The van der Waals surface area contributed by atoms with E-state index in [4.69, 9.17) is 9.84 Å². The normalized spacial score (nSPS) is 11.2. The van der Waals surface area contributed by atoms with E-state index in [0.29, 0.717) is 6.42 Å². The predicted molar refractivity (Wildman–Crippen MR) is 71.2 cm³/mol. The summed E-state index contributed by atoms with van der Waals surface area (Å²) in [5.41, 5.74) is 1.07. The van der Waals surface area contributed by atoms with E-state index in [-0.39, 0.29) is 6.61 Å². The summed E-state index contributed by atoms with van der Waals surface area (Å²) in [5, 5.41) is 11.2. The van der Waals surface area contributed by atoms with E-state index in [1.54, 1.807) is 7.11 Å². The number of fused-ring (bicyclic) bond motifs is 1. The van der Waals surface area contributed by atoms with Gasteiger partial charge in [0.05, 0.1) is 7.11 Å². The fourth-order valence-corrected chi connectivity index (χ4v) is 1.90. The molecule has 0 saturated heterocycles. The molecule has 0 amide bonds. The number of ether oxygens (including phenoxy) is 1. The Morgan fingerprint density at radius 1 is 1.18 bits per heavy atom. The van der Waals surface area contributed by atoms with Crippen LogP contribution in [-0.4, -0.2) is 18.8 Å². The molecule has 2 aromatic carbocycles. The summed E-state index contributed by atoms with van der Waals surface area (Å²) in [6.45, 7) is 0.170. The zero-order valence-electron chi connectivity index (χ0n) is 9.89. The number of aliphatic hydroxyl groups is 1. The maximum atomic E-state index is 8.80. The van der Waals surface area contributed by atoms with Gasteiger partial charge in [-0.25, -0.2) is 0 Å². The smallest absolute Gasteiger partial charge is 0.126 e. The SMILES string of the molecule is COc1ccc2ccccc2c1C=CCCO. The van der Waals surface area contributed by atoms with Crippen LogP contribution in [0.2, 0.25) is 0 Å². The summed E-state index contributed by atoms with van der Waals surface area (Å²) >= 11 is 0. The lowest BCUT2D eigenvalue weighted by molar-refractivity contribution is 0.303. The monoisotopic (exact) mass is 228 g/mol. The summed E-state index contributed by atoms with van der Waals surface area (Å²) in [6, 6.07) is 12.2. The molecule has 1 N–H and O–H groups in total. The molecule has 0 spiro atoms. The second kappa shape index (κ2) is 5.51. The number of hydrogen-bond donors (Lipinski definition) is 1. The van der Waals surface area contributed by atoms with Gasteiger partial charge in [-0.3, -0.25) is 0 Å². The Bertz CT molecular complexity index is 529. The zero-order valence-corrected chi connectivity index (χ0v) is 9.89. The quantitative estimate of drug-likeness (QED) is 0.870. The fourth-order valence-electron chi connectivity index (χ4n) is 1.90. The van der Waals surface area contributed by atoms with Crippen molar-refractivity contribution in [3.05, 3.63) is 48.0 Å². The molecular weight excluding hydrogens is 212 g/mol. The largest absolute Gasteiger partial charge is 0.496 e. The van der Waals surface area contributed by atoms with Crippen LogP contribution in [0.15, 0.2) is 42.5 Å². The molecule has 88 valence electrons. The minimum atomic E-state index is 0.170. The Kier molecular flexibility index (Phi) is 3.78. The first-order valence-electron chi connectivity index (χ1n) is 5.70. The van der Waals surface area contributed by atoms with Crippen molar-refractivity contribution in [1.29, 1.82) is 0 Å². The highest BCUT2D eigenvalue weighted by Crippen LogP contribution is 2.29. The van der Waals surface area contributed by atoms with E-state index >= 15 is 0 Å². The van der Waals surface area contributed by atoms with Crippen LogP contribution in [0.1, 0.15) is 12.0 Å². The maximum absolute atomic E-state index is 8.80. The van der Waals surface area contributed by atoms with Crippen LogP contribution in [0, 0.1) is 0 Å². The fraction of sp³-hybridized carbons (Fsp3) is 0.200. The molecule has 0 aliphatic rings. The molecule has 17 heavy (non-hydrogen) atoms. The number of hydrogen-bond acceptors (Lipinski definition) is 2. The molecule has 0 unspecified atom stereocenters. The van der Waals surface area contributed by atoms with Crippen molar-refractivity contribution in [2.75, 3.05) is 13.7 Å². The average Bonchev–Trinajstić information content (AvgIpc) is 2.39. The molecule has 0 bridgehead atoms. The van der Waals surface area contributed by atoms with Crippen LogP contribution in [-0.2, 0) is 0 Å². The van der Waals surface area contributed by atoms with Gasteiger partial charge in [0.2, 0.25) is 0 Å². The average molecular weight is 228 g/mol. The standard InChI is InChI=1S/C15H16O2/c1-17-15-10-9-12-6-2-3-7-13(12)14(15)8-4-5-11-16/h2-4,6-10,16H,5,11H2,1H3. The summed E-state index contributed by atoms with van der Waals surface area (Å²) in [5.74, 6) is 0.859. The molecule has 0 atom stereocenters. The lowest BCUT2D eigenvalue weighted by Gasteiger charge is -2.08. The molecule has 0 saturated carbocycles. The van der Waals surface area contributed by atoms with Gasteiger partial charge in [-0.05, 0) is 23.3 Å². The van der Waals surface area contributed by atoms with Crippen LogP contribution in [0.5, 0.6) is 5.75 Å². The first-order valence-corrected chi connectivity index (χ1v) is 5.70. The molecule has 0 fully saturated rings. The number of rotatable bonds is 4. The van der Waals surface area contributed by atoms with Gasteiger partial charge < -0.3 is 9.84 Å². The van der Waals surface area contributed by atoms with E-state index in [1.807, 2.05) is 30.4 Å². The lowest BCUT2D eigenvalue weighted by Crippen LogP contribution is -1.88. The Morgan fingerprint density at radius 2 is 2.00 bits per heavy atom. The molecule has 0 aliphatic heterocycles. The second-order valence-corrected chi connectivity index (χ2v) is 3.82. The summed E-state index contributed by atoms with van der Waals surface area (Å²) in [4.78, 5) is 0. The van der Waals surface area contributed by atoms with Crippen molar-refractivity contribution in [3.63, 3.8) is 0 Å². The highest BCUT2D eigenvalue weighted by Gasteiger charge is 2.04.